The van der Waals surface area contributed by atoms with Crippen molar-refractivity contribution in [3.05, 3.63) is 83.7 Å². The van der Waals surface area contributed by atoms with E-state index in [1.54, 1.807) is 0 Å². The van der Waals surface area contributed by atoms with Gasteiger partial charge in [0.05, 0.1) is 38.2 Å². The maximum atomic E-state index is 14.0. The molecule has 2 saturated heterocycles. The molecule has 6 unspecified atom stereocenters. The van der Waals surface area contributed by atoms with Crippen molar-refractivity contribution in [2.45, 2.75) is 90.6 Å². The molecule has 9 rings (SSSR count). The zero-order valence-corrected chi connectivity index (χ0v) is 37.6. The topological polar surface area (TPSA) is 175 Å². The Kier molecular flexibility index (Phi) is 11.0. The van der Waals surface area contributed by atoms with E-state index in [0.717, 1.165) is 57.4 Å². The number of piperidine rings is 2. The predicted octanol–water partition coefficient (Wildman–Crippen LogP) is 8.52. The number of hydrogen-bond donors (Lipinski definition) is 4. The van der Waals surface area contributed by atoms with Crippen molar-refractivity contribution in [1.82, 2.24) is 40.4 Å². The summed E-state index contributed by atoms with van der Waals surface area (Å²) in [5.41, 5.74) is 5.47. The summed E-state index contributed by atoms with van der Waals surface area (Å²) in [7, 11) is 2.60. The molecule has 2 aliphatic heterocycles. The van der Waals surface area contributed by atoms with Gasteiger partial charge in [0, 0.05) is 17.6 Å². The molecule has 2 aromatic heterocycles. The molecule has 4 amide bonds. The normalized spacial score (nSPS) is 25.4. The van der Waals surface area contributed by atoms with Crippen LogP contribution in [0, 0.1) is 35.5 Å². The van der Waals surface area contributed by atoms with Gasteiger partial charge < -0.3 is 39.9 Å². The average molecular weight is 875 g/mol. The van der Waals surface area contributed by atoms with E-state index < -0.39 is 24.3 Å². The Balaban J connectivity index is 0.901. The van der Waals surface area contributed by atoms with Crippen LogP contribution >= 0.6 is 11.6 Å². The monoisotopic (exact) mass is 874 g/mol. The van der Waals surface area contributed by atoms with Gasteiger partial charge in [0.15, 0.2) is 0 Å². The van der Waals surface area contributed by atoms with E-state index in [1.807, 2.05) is 49.8 Å². The summed E-state index contributed by atoms with van der Waals surface area (Å²) in [6, 6.07) is 19.2. The number of benzene rings is 3. The minimum atomic E-state index is -0.726. The van der Waals surface area contributed by atoms with Crippen LogP contribution < -0.4 is 10.6 Å². The van der Waals surface area contributed by atoms with Gasteiger partial charge in [0.25, 0.3) is 0 Å². The molecule has 63 heavy (non-hydrogen) atoms. The number of aromatic nitrogens is 4. The molecule has 2 aliphatic carbocycles. The zero-order valence-electron chi connectivity index (χ0n) is 36.8. The second kappa shape index (κ2) is 16.3. The summed E-state index contributed by atoms with van der Waals surface area (Å²) in [4.78, 5) is 72.7. The smallest absolute Gasteiger partial charge is 0.407 e. The van der Waals surface area contributed by atoms with Crippen molar-refractivity contribution in [3.63, 3.8) is 0 Å². The van der Waals surface area contributed by atoms with Gasteiger partial charge in [0.1, 0.15) is 34.6 Å². The average Bonchev–Trinajstić information content (AvgIpc) is 3.72. The lowest BCUT2D eigenvalue weighted by atomic mass is 9.98. The highest BCUT2D eigenvalue weighted by molar-refractivity contribution is 6.32. The molecule has 4 heterocycles. The number of ether oxygens (including phenoxy) is 2. The molecular formula is C48H55ClN8O6. The third-order valence-electron chi connectivity index (χ3n) is 14.2. The van der Waals surface area contributed by atoms with Crippen molar-refractivity contribution < 1.29 is 28.7 Å². The highest BCUT2D eigenvalue weighted by Crippen LogP contribution is 2.59. The number of methoxy groups -OCH3 is 2. The summed E-state index contributed by atoms with van der Waals surface area (Å²) < 4.78 is 9.65. The molecular weight excluding hydrogens is 820 g/mol. The molecule has 5 aromatic rings. The minimum Gasteiger partial charge on any atom is -0.453 e. The van der Waals surface area contributed by atoms with E-state index >= 15 is 0 Å². The summed E-state index contributed by atoms with van der Waals surface area (Å²) in [6.07, 6.45) is 2.17. The Labute approximate surface area is 371 Å². The lowest BCUT2D eigenvalue weighted by molar-refractivity contribution is -0.137. The fourth-order valence-electron chi connectivity index (χ4n) is 10.4. The molecule has 10 atom stereocenters. The molecule has 4 aliphatic rings. The Bertz CT molecular complexity index is 2590. The largest absolute Gasteiger partial charge is 0.453 e. The second-order valence-electron chi connectivity index (χ2n) is 18.6. The van der Waals surface area contributed by atoms with E-state index in [9.17, 15) is 19.2 Å². The van der Waals surface area contributed by atoms with E-state index in [0.29, 0.717) is 40.3 Å². The Morgan fingerprint density at radius 3 is 1.68 bits per heavy atom. The molecule has 4 fully saturated rings. The fraction of sp³-hybridized carbons (Fsp3) is 0.458. The number of nitrogens with zero attached hydrogens (tertiary/aromatic N) is 4. The first kappa shape index (κ1) is 42.4. The number of rotatable bonds is 11. The van der Waals surface area contributed by atoms with Crippen molar-refractivity contribution in [2.75, 3.05) is 14.2 Å². The number of carbonyl (C=O) groups excluding carboxylic acids is 4. The predicted molar refractivity (Wildman–Crippen MR) is 239 cm³/mol. The summed E-state index contributed by atoms with van der Waals surface area (Å²) in [5, 5.41) is 8.01. The van der Waals surface area contributed by atoms with Gasteiger partial charge >= 0.3 is 12.2 Å². The van der Waals surface area contributed by atoms with Gasteiger partial charge in [-0.15, -0.1) is 0 Å². The van der Waals surface area contributed by atoms with Crippen LogP contribution in [-0.2, 0) is 19.1 Å². The maximum Gasteiger partial charge on any atom is 0.407 e. The van der Waals surface area contributed by atoms with Crippen LogP contribution in [0.1, 0.15) is 78.1 Å². The van der Waals surface area contributed by atoms with Crippen LogP contribution in [-0.4, -0.2) is 92.1 Å². The number of hydrogen-bond acceptors (Lipinski definition) is 8. The third-order valence-corrected chi connectivity index (χ3v) is 14.4. The van der Waals surface area contributed by atoms with Gasteiger partial charge in [-0.3, -0.25) is 9.59 Å². The number of carbonyl (C=O) groups is 4. The number of halogens is 1. The van der Waals surface area contributed by atoms with Crippen molar-refractivity contribution in [2.24, 2.45) is 35.5 Å². The number of amides is 4. The van der Waals surface area contributed by atoms with Crippen LogP contribution in [0.5, 0.6) is 0 Å². The molecule has 2 saturated carbocycles. The van der Waals surface area contributed by atoms with Gasteiger partial charge in [0.2, 0.25) is 11.8 Å². The molecule has 0 spiro atoms. The van der Waals surface area contributed by atoms with Gasteiger partial charge in [-0.25, -0.2) is 19.6 Å². The lowest BCUT2D eigenvalue weighted by Gasteiger charge is -2.32. The number of alkyl carbamates (subject to hydrolysis) is 2. The number of imidazole rings is 2. The quantitative estimate of drug-likeness (QED) is 0.102. The number of aromatic amines is 2. The highest BCUT2D eigenvalue weighted by Gasteiger charge is 2.63. The maximum absolute atomic E-state index is 14.0. The summed E-state index contributed by atoms with van der Waals surface area (Å²) in [6.45, 7) is 12.0. The lowest BCUT2D eigenvalue weighted by Crippen LogP contribution is -2.52. The molecule has 0 radical (unpaired) electrons. The van der Waals surface area contributed by atoms with E-state index in [4.69, 9.17) is 31.0 Å². The first-order valence-corrected chi connectivity index (χ1v) is 22.3. The van der Waals surface area contributed by atoms with Crippen molar-refractivity contribution >= 4 is 46.4 Å². The molecule has 14 nitrogen and oxygen atoms in total. The number of fused-ring (bicyclic) bond motifs is 3. The Hall–Kier alpha value is -5.89. The summed E-state index contributed by atoms with van der Waals surface area (Å²) >= 11 is 6.85. The third kappa shape index (κ3) is 7.59. The minimum absolute atomic E-state index is 0.0869. The molecule has 15 heteroatoms. The second-order valence-corrected chi connectivity index (χ2v) is 18.9. The highest BCUT2D eigenvalue weighted by atomic mass is 35.5. The van der Waals surface area contributed by atoms with Gasteiger partial charge in [-0.05, 0) is 87.9 Å². The van der Waals surface area contributed by atoms with Gasteiger partial charge in [-0.2, -0.15) is 0 Å². The molecule has 330 valence electrons. The molecule has 4 N–H and O–H groups in total. The van der Waals surface area contributed by atoms with E-state index in [2.05, 4.69) is 89.0 Å². The van der Waals surface area contributed by atoms with Crippen LogP contribution in [0.2, 0.25) is 5.15 Å². The van der Waals surface area contributed by atoms with E-state index in [-0.39, 0.29) is 47.8 Å². The molecule has 0 bridgehead atoms. The van der Waals surface area contributed by atoms with Crippen LogP contribution in [0.15, 0.2) is 66.9 Å². The molecule has 3 aromatic carbocycles. The fourth-order valence-corrected chi connectivity index (χ4v) is 10.7. The first-order chi connectivity index (χ1) is 30.2. The number of nitrogens with one attached hydrogen (secondary N) is 4. The Morgan fingerprint density at radius 2 is 1.16 bits per heavy atom. The number of likely N-dealkylation sites (tertiary alicyclic amines) is 2. The van der Waals surface area contributed by atoms with Crippen LogP contribution in [0.3, 0.4) is 0 Å². The van der Waals surface area contributed by atoms with Crippen LogP contribution in [0.25, 0.3) is 44.4 Å². The van der Waals surface area contributed by atoms with Crippen molar-refractivity contribution in [3.8, 4) is 33.6 Å². The Morgan fingerprint density at radius 1 is 0.683 bits per heavy atom. The van der Waals surface area contributed by atoms with Gasteiger partial charge in [-0.1, -0.05) is 102 Å². The standard InChI is InChI=1S/C48H55ClN8O6/c1-22(2)37(53-47(60)62-7)45(58)56-35(19-32-24(5)40(32)56)43-50-21-34(51-43)27-11-9-26(10-12-27)28-13-14-30-18-31(16-15-29(30)17-28)39-42(49)55-44(52-39)36-20-33-25(6)41(33)57(36)46(59)38(23(3)4)54-48(61)63-8/h9-18,21-25,32-33,35-38,40-41H,19-20H2,1-8H3,(H,50,51)(H,52,55)(H,53,60)(H,54,61)/t24?,25?,32?,33?,35-,36-,37-,38-,40?,41?/m0/s1. The number of H-pyrrole nitrogens is 2. The zero-order chi connectivity index (χ0) is 44.6. The van der Waals surface area contributed by atoms with Crippen molar-refractivity contribution in [1.29, 1.82) is 0 Å². The summed E-state index contributed by atoms with van der Waals surface area (Å²) in [5.74, 6) is 2.44. The SMILES string of the molecule is COC(=O)N[C@H](C(=O)N1C2C(C)C2C[C@H]1c1ncc(-c2ccc(-c3ccc4cc(-c5nc([C@@H]6CC7C(C)C7N6C(=O)[C@@H](NC(=O)OC)C(C)C)[nH]c5Cl)ccc4c3)cc2)[nH]1)C(C)C. The van der Waals surface area contributed by atoms with Crippen LogP contribution in [0.4, 0.5) is 9.59 Å². The first-order valence-electron chi connectivity index (χ1n) is 22.0. The van der Waals surface area contributed by atoms with E-state index in [1.165, 1.54) is 14.2 Å².